The molecule has 29 heavy (non-hydrogen) atoms. The molecule has 6 nitrogen and oxygen atoms in total. The van der Waals surface area contributed by atoms with Crippen molar-refractivity contribution in [2.45, 2.75) is 18.4 Å². The van der Waals surface area contributed by atoms with Gasteiger partial charge in [0.2, 0.25) is 0 Å². The van der Waals surface area contributed by atoms with Crippen LogP contribution in [0.5, 0.6) is 5.75 Å². The summed E-state index contributed by atoms with van der Waals surface area (Å²) in [4.78, 5) is 11.8. The molecule has 0 spiro atoms. The van der Waals surface area contributed by atoms with E-state index in [1.165, 1.54) is 31.4 Å². The number of nitrogens with zero attached hydrogens (tertiary/aromatic N) is 1. The van der Waals surface area contributed by atoms with Crippen LogP contribution in [0.4, 0.5) is 5.69 Å². The van der Waals surface area contributed by atoms with E-state index in [1.54, 1.807) is 48.5 Å². The van der Waals surface area contributed by atoms with Crippen LogP contribution in [-0.2, 0) is 16.6 Å². The molecule has 0 fully saturated rings. The molecule has 0 radical (unpaired) electrons. The predicted octanol–water partition coefficient (Wildman–Crippen LogP) is 4.10. The van der Waals surface area contributed by atoms with Gasteiger partial charge in [-0.15, -0.1) is 0 Å². The number of rotatable bonds is 7. The highest BCUT2D eigenvalue weighted by atomic mass is 32.2. The zero-order chi connectivity index (χ0) is 21.0. The highest BCUT2D eigenvalue weighted by molar-refractivity contribution is 7.92. The molecule has 3 rings (SSSR count). The number of hydrogen-bond donors (Lipinski definition) is 1. The van der Waals surface area contributed by atoms with E-state index in [2.05, 4.69) is 0 Å². The molecule has 0 amide bonds. The van der Waals surface area contributed by atoms with Crippen molar-refractivity contribution in [1.29, 1.82) is 0 Å². The number of carboxylic acids is 1. The average molecular weight is 411 g/mol. The van der Waals surface area contributed by atoms with Crippen molar-refractivity contribution in [1.82, 2.24) is 0 Å². The third kappa shape index (κ3) is 4.41. The molecule has 0 unspecified atom stereocenters. The summed E-state index contributed by atoms with van der Waals surface area (Å²) >= 11 is 0. The van der Waals surface area contributed by atoms with E-state index in [1.807, 2.05) is 6.92 Å². The van der Waals surface area contributed by atoms with Crippen LogP contribution >= 0.6 is 0 Å². The maximum absolute atomic E-state index is 13.5. The number of hydrogen-bond acceptors (Lipinski definition) is 4. The first kappa shape index (κ1) is 20.4. The molecular formula is C22H21NO5S. The minimum Gasteiger partial charge on any atom is -0.497 e. The average Bonchev–Trinajstić information content (AvgIpc) is 2.72. The van der Waals surface area contributed by atoms with Crippen LogP contribution in [0.1, 0.15) is 21.5 Å². The van der Waals surface area contributed by atoms with Gasteiger partial charge in [0, 0.05) is 0 Å². The van der Waals surface area contributed by atoms with Gasteiger partial charge in [0.15, 0.2) is 0 Å². The summed E-state index contributed by atoms with van der Waals surface area (Å²) in [5.41, 5.74) is 1.60. The maximum Gasteiger partial charge on any atom is 0.337 e. The van der Waals surface area contributed by atoms with E-state index >= 15 is 0 Å². The van der Waals surface area contributed by atoms with Crippen molar-refractivity contribution < 1.29 is 23.1 Å². The lowest BCUT2D eigenvalue weighted by molar-refractivity contribution is 0.0697. The number of ether oxygens (including phenoxy) is 1. The number of aromatic carboxylic acids is 1. The van der Waals surface area contributed by atoms with Crippen molar-refractivity contribution in [3.8, 4) is 5.75 Å². The number of methoxy groups -OCH3 is 1. The fourth-order valence-corrected chi connectivity index (χ4v) is 4.42. The Morgan fingerprint density at radius 2 is 1.69 bits per heavy atom. The third-order valence-corrected chi connectivity index (χ3v) is 6.25. The van der Waals surface area contributed by atoms with Gasteiger partial charge in [0.25, 0.3) is 10.0 Å². The number of aryl methyl sites for hydroxylation is 1. The standard InChI is InChI=1S/C22H21NO5S/c1-16-10-12-19(13-11-16)29(26,27)23(15-17-6-5-7-18(14-17)28-2)21-9-4-3-8-20(21)22(24)25/h3-14H,15H2,1-2H3,(H,24,25). The molecule has 0 aliphatic rings. The number of carboxylic acid groups (broad SMARTS) is 1. The van der Waals surface area contributed by atoms with E-state index < -0.39 is 16.0 Å². The fraction of sp³-hybridized carbons (Fsp3) is 0.136. The Balaban J connectivity index is 2.16. The Morgan fingerprint density at radius 1 is 1.00 bits per heavy atom. The Hall–Kier alpha value is -3.32. The normalized spacial score (nSPS) is 11.1. The van der Waals surface area contributed by atoms with Gasteiger partial charge >= 0.3 is 5.97 Å². The number of benzene rings is 3. The summed E-state index contributed by atoms with van der Waals surface area (Å²) in [5, 5.41) is 9.59. The summed E-state index contributed by atoms with van der Waals surface area (Å²) in [7, 11) is -2.49. The molecular weight excluding hydrogens is 390 g/mol. The SMILES string of the molecule is COc1cccc(CN(c2ccccc2C(=O)O)S(=O)(=O)c2ccc(C)cc2)c1. The molecule has 0 bridgehead atoms. The summed E-state index contributed by atoms with van der Waals surface area (Å²) < 4.78 is 33.3. The van der Waals surface area contributed by atoms with Crippen LogP contribution < -0.4 is 9.04 Å². The Labute approximate surface area is 170 Å². The molecule has 1 N–H and O–H groups in total. The molecule has 0 aromatic heterocycles. The van der Waals surface area contributed by atoms with Crippen LogP contribution in [-0.4, -0.2) is 26.6 Å². The van der Waals surface area contributed by atoms with Crippen LogP contribution in [0.3, 0.4) is 0 Å². The van der Waals surface area contributed by atoms with E-state index in [9.17, 15) is 18.3 Å². The largest absolute Gasteiger partial charge is 0.497 e. The number of sulfonamides is 1. The zero-order valence-corrected chi connectivity index (χ0v) is 16.9. The van der Waals surface area contributed by atoms with E-state index in [4.69, 9.17) is 4.74 Å². The Morgan fingerprint density at radius 3 is 2.34 bits per heavy atom. The summed E-state index contributed by atoms with van der Waals surface area (Å²) in [6, 6.07) is 19.5. The molecule has 0 atom stereocenters. The molecule has 7 heteroatoms. The molecule has 3 aromatic carbocycles. The molecule has 3 aromatic rings. The van der Waals surface area contributed by atoms with Gasteiger partial charge in [-0.3, -0.25) is 4.31 Å². The van der Waals surface area contributed by atoms with Crippen LogP contribution in [0.25, 0.3) is 0 Å². The van der Waals surface area contributed by atoms with Gasteiger partial charge < -0.3 is 9.84 Å². The topological polar surface area (TPSA) is 83.9 Å². The molecule has 0 saturated heterocycles. The van der Waals surface area contributed by atoms with Gasteiger partial charge in [0.05, 0.1) is 29.8 Å². The zero-order valence-electron chi connectivity index (χ0n) is 16.1. The second kappa shape index (κ2) is 8.36. The first-order valence-electron chi connectivity index (χ1n) is 8.87. The lowest BCUT2D eigenvalue weighted by atomic mass is 10.1. The second-order valence-electron chi connectivity index (χ2n) is 6.50. The first-order chi connectivity index (χ1) is 13.8. The van der Waals surface area contributed by atoms with Gasteiger partial charge in [-0.2, -0.15) is 0 Å². The minimum absolute atomic E-state index is 0.0439. The highest BCUT2D eigenvalue weighted by Crippen LogP contribution is 2.30. The smallest absolute Gasteiger partial charge is 0.337 e. The van der Waals surface area contributed by atoms with Crippen molar-refractivity contribution >= 4 is 21.7 Å². The van der Waals surface area contributed by atoms with Crippen molar-refractivity contribution in [2.24, 2.45) is 0 Å². The molecule has 0 aliphatic carbocycles. The lowest BCUT2D eigenvalue weighted by Gasteiger charge is -2.26. The maximum atomic E-state index is 13.5. The van der Waals surface area contributed by atoms with E-state index in [0.29, 0.717) is 11.3 Å². The lowest BCUT2D eigenvalue weighted by Crippen LogP contribution is -2.32. The van der Waals surface area contributed by atoms with Crippen molar-refractivity contribution in [2.75, 3.05) is 11.4 Å². The predicted molar refractivity (Wildman–Crippen MR) is 111 cm³/mol. The summed E-state index contributed by atoms with van der Waals surface area (Å²) in [6.45, 7) is 1.82. The Bertz CT molecular complexity index is 1120. The van der Waals surface area contributed by atoms with E-state index in [-0.39, 0.29) is 22.7 Å². The molecule has 0 heterocycles. The number of carbonyl (C=O) groups is 1. The van der Waals surface area contributed by atoms with Gasteiger partial charge in [-0.25, -0.2) is 13.2 Å². The minimum atomic E-state index is -4.02. The Kier molecular flexibility index (Phi) is 5.89. The quantitative estimate of drug-likeness (QED) is 0.633. The molecule has 150 valence electrons. The molecule has 0 aliphatic heterocycles. The summed E-state index contributed by atoms with van der Waals surface area (Å²) in [6.07, 6.45) is 0. The highest BCUT2D eigenvalue weighted by Gasteiger charge is 2.28. The van der Waals surface area contributed by atoms with Crippen LogP contribution in [0.2, 0.25) is 0 Å². The van der Waals surface area contributed by atoms with Crippen molar-refractivity contribution in [3.63, 3.8) is 0 Å². The van der Waals surface area contributed by atoms with Crippen molar-refractivity contribution in [3.05, 3.63) is 89.5 Å². The van der Waals surface area contributed by atoms with Gasteiger partial charge in [-0.05, 0) is 48.9 Å². The third-order valence-electron chi connectivity index (χ3n) is 4.47. The second-order valence-corrected chi connectivity index (χ2v) is 8.36. The number of para-hydroxylation sites is 1. The molecule has 0 saturated carbocycles. The van der Waals surface area contributed by atoms with Gasteiger partial charge in [-0.1, -0.05) is 42.0 Å². The monoisotopic (exact) mass is 411 g/mol. The summed E-state index contributed by atoms with van der Waals surface area (Å²) in [5.74, 6) is -0.614. The van der Waals surface area contributed by atoms with E-state index in [0.717, 1.165) is 9.87 Å². The first-order valence-corrected chi connectivity index (χ1v) is 10.3. The fourth-order valence-electron chi connectivity index (χ4n) is 2.95. The number of anilines is 1. The van der Waals surface area contributed by atoms with Crippen LogP contribution in [0, 0.1) is 6.92 Å². The van der Waals surface area contributed by atoms with Gasteiger partial charge in [0.1, 0.15) is 5.75 Å². The van der Waals surface area contributed by atoms with Crippen LogP contribution in [0.15, 0.2) is 77.7 Å².